The van der Waals surface area contributed by atoms with Crippen LogP contribution in [0.15, 0.2) is 70.8 Å². The first-order chi connectivity index (χ1) is 23.6. The van der Waals surface area contributed by atoms with Gasteiger partial charge in [-0.3, -0.25) is 4.90 Å². The van der Waals surface area contributed by atoms with Crippen LogP contribution in [0.1, 0.15) is 43.4 Å². The Morgan fingerprint density at radius 1 is 1.08 bits per heavy atom. The van der Waals surface area contributed by atoms with E-state index < -0.39 is 18.8 Å². The second-order valence-corrected chi connectivity index (χ2v) is 12.5. The minimum atomic E-state index is -3.04. The number of alkyl halides is 2. The van der Waals surface area contributed by atoms with Gasteiger partial charge in [0.1, 0.15) is 12.7 Å². The number of allylic oxidation sites excluding steroid dienone is 4. The molecule has 13 heteroatoms. The lowest BCUT2D eigenvalue weighted by Gasteiger charge is -2.26. The lowest BCUT2D eigenvalue weighted by atomic mass is 9.99. The van der Waals surface area contributed by atoms with Crippen LogP contribution in [0.3, 0.4) is 0 Å². The Bertz CT molecular complexity index is 1480. The van der Waals surface area contributed by atoms with Crippen LogP contribution in [0.5, 0.6) is 23.0 Å². The summed E-state index contributed by atoms with van der Waals surface area (Å²) in [6.07, 6.45) is 3.60. The fourth-order valence-electron chi connectivity index (χ4n) is 5.13. The summed E-state index contributed by atoms with van der Waals surface area (Å²) in [6.45, 7) is 7.46. The molecule has 4 rings (SSSR count). The van der Waals surface area contributed by atoms with Gasteiger partial charge in [0.25, 0.3) is 0 Å². The van der Waals surface area contributed by atoms with Gasteiger partial charge < -0.3 is 33.3 Å². The second kappa shape index (κ2) is 19.0. The number of halogens is 4. The van der Waals surface area contributed by atoms with E-state index in [2.05, 4.69) is 11.5 Å². The minimum absolute atomic E-state index is 0.0645. The monoisotopic (exact) mass is 724 g/mol. The molecule has 1 saturated carbocycles. The Morgan fingerprint density at radius 3 is 2.47 bits per heavy atom. The molecule has 268 valence electrons. The highest BCUT2D eigenvalue weighted by Crippen LogP contribution is 2.39. The molecule has 9 nitrogen and oxygen atoms in total. The highest BCUT2D eigenvalue weighted by Gasteiger charge is 2.27. The van der Waals surface area contributed by atoms with Crippen molar-refractivity contribution in [3.05, 3.63) is 81.9 Å². The second-order valence-electron chi connectivity index (χ2n) is 11.7. The molecule has 0 spiro atoms. The van der Waals surface area contributed by atoms with Gasteiger partial charge in [-0.25, -0.2) is 4.79 Å². The number of nitrogens with zero attached hydrogens (tertiary/aromatic N) is 2. The Hall–Kier alpha value is -3.51. The molecule has 0 unspecified atom stereocenters. The first-order valence-electron chi connectivity index (χ1n) is 16.2. The SMILES string of the molecule is C=C/C(Cl)=C(C[C@H](OC(=O)N(C)Cc1ccc(OCCN2CCOCC2)c(OC)c1)c1ccc(OC(F)F)c(OCC2CC2)c1)\C(Cl)=C/C. The van der Waals surface area contributed by atoms with Gasteiger partial charge in [-0.1, -0.05) is 54.1 Å². The normalized spacial score (nSPS) is 16.4. The van der Waals surface area contributed by atoms with Crippen LogP contribution in [0.25, 0.3) is 0 Å². The van der Waals surface area contributed by atoms with Crippen LogP contribution >= 0.6 is 23.2 Å². The topological polar surface area (TPSA) is 78.9 Å². The number of methoxy groups -OCH3 is 1. The van der Waals surface area contributed by atoms with E-state index in [-0.39, 0.29) is 29.5 Å². The first-order valence-corrected chi connectivity index (χ1v) is 16.9. The van der Waals surface area contributed by atoms with E-state index in [1.165, 1.54) is 17.0 Å². The van der Waals surface area contributed by atoms with Gasteiger partial charge in [-0.15, -0.1) is 0 Å². The molecule has 2 aliphatic rings. The van der Waals surface area contributed by atoms with Crippen molar-refractivity contribution in [3.63, 3.8) is 0 Å². The van der Waals surface area contributed by atoms with Gasteiger partial charge in [-0.05, 0) is 66.6 Å². The summed E-state index contributed by atoms with van der Waals surface area (Å²) in [5.74, 6) is 1.50. The van der Waals surface area contributed by atoms with E-state index >= 15 is 0 Å². The van der Waals surface area contributed by atoms with E-state index in [0.29, 0.717) is 46.8 Å². The molecule has 2 fully saturated rings. The van der Waals surface area contributed by atoms with Crippen molar-refractivity contribution in [1.29, 1.82) is 0 Å². The maximum atomic E-state index is 13.6. The zero-order valence-electron chi connectivity index (χ0n) is 28.1. The number of ether oxygens (including phenoxy) is 6. The molecule has 1 aliphatic carbocycles. The minimum Gasteiger partial charge on any atom is -0.493 e. The molecular formula is C36H44Cl2F2N2O7. The molecule has 49 heavy (non-hydrogen) atoms. The molecule has 1 aliphatic heterocycles. The summed E-state index contributed by atoms with van der Waals surface area (Å²) in [7, 11) is 3.17. The van der Waals surface area contributed by atoms with Crippen molar-refractivity contribution in [2.45, 2.75) is 45.4 Å². The standard InChI is InChI=1S/C36H44Cl2F2N2O7/c1-5-28(37)27(29(38)6-2)21-32(26-10-12-31(48-35(39)40)34(20-26)47-23-24-7-8-24)49-36(43)41(3)22-25-9-11-30(33(19-25)44-4)46-18-15-42-13-16-45-17-14-42/h5-6,9-12,19-20,24,32,35H,1,7-8,13-18,21-23H2,2-4H3/b28-27+,29-6+/t32-/m0/s1. The Labute approximate surface area is 296 Å². The van der Waals surface area contributed by atoms with Gasteiger partial charge >= 0.3 is 12.7 Å². The van der Waals surface area contributed by atoms with Crippen molar-refractivity contribution in [3.8, 4) is 23.0 Å². The Kier molecular flexibility index (Phi) is 14.9. The Balaban J connectivity index is 1.52. The number of benzene rings is 2. The number of hydrogen-bond acceptors (Lipinski definition) is 8. The van der Waals surface area contributed by atoms with Crippen LogP contribution in [0, 0.1) is 5.92 Å². The highest BCUT2D eigenvalue weighted by molar-refractivity contribution is 6.36. The van der Waals surface area contributed by atoms with Gasteiger partial charge in [-0.2, -0.15) is 8.78 Å². The zero-order chi connectivity index (χ0) is 35.3. The number of carbonyl (C=O) groups is 1. The molecule has 0 aromatic heterocycles. The van der Waals surface area contributed by atoms with E-state index in [1.54, 1.807) is 39.3 Å². The maximum absolute atomic E-state index is 13.6. The predicted molar refractivity (Wildman–Crippen MR) is 185 cm³/mol. The molecule has 1 atom stereocenters. The fraction of sp³-hybridized carbons (Fsp3) is 0.472. The lowest BCUT2D eigenvalue weighted by molar-refractivity contribution is -0.0515. The van der Waals surface area contributed by atoms with E-state index in [0.717, 1.165) is 51.3 Å². The van der Waals surface area contributed by atoms with Crippen molar-refractivity contribution < 1.29 is 42.0 Å². The summed E-state index contributed by atoms with van der Waals surface area (Å²) in [4.78, 5) is 17.3. The predicted octanol–water partition coefficient (Wildman–Crippen LogP) is 8.32. The summed E-state index contributed by atoms with van der Waals surface area (Å²) in [5, 5.41) is 0.626. The zero-order valence-corrected chi connectivity index (χ0v) is 29.6. The Morgan fingerprint density at radius 2 is 1.82 bits per heavy atom. The van der Waals surface area contributed by atoms with Crippen molar-refractivity contribution in [1.82, 2.24) is 9.80 Å². The van der Waals surface area contributed by atoms with Crippen LogP contribution in [0.4, 0.5) is 13.6 Å². The first kappa shape index (κ1) is 38.3. The summed E-state index contributed by atoms with van der Waals surface area (Å²) < 4.78 is 60.0. The van der Waals surface area contributed by atoms with Crippen LogP contribution in [0.2, 0.25) is 0 Å². The number of amides is 1. The maximum Gasteiger partial charge on any atom is 0.410 e. The van der Waals surface area contributed by atoms with Crippen LogP contribution in [-0.2, 0) is 16.0 Å². The largest absolute Gasteiger partial charge is 0.493 e. The summed E-state index contributed by atoms with van der Waals surface area (Å²) >= 11 is 13.0. The number of hydrogen-bond donors (Lipinski definition) is 0. The van der Waals surface area contributed by atoms with Gasteiger partial charge in [0.2, 0.25) is 0 Å². The molecule has 0 N–H and O–H groups in total. The third-order valence-electron chi connectivity index (χ3n) is 8.10. The number of carbonyl (C=O) groups excluding carboxylic acids is 1. The molecule has 2 aromatic rings. The van der Waals surface area contributed by atoms with Crippen LogP contribution in [-0.4, -0.2) is 82.7 Å². The average Bonchev–Trinajstić information content (AvgIpc) is 3.94. The lowest BCUT2D eigenvalue weighted by Crippen LogP contribution is -2.38. The molecule has 1 saturated heterocycles. The third kappa shape index (κ3) is 11.8. The molecule has 1 heterocycles. The quantitative estimate of drug-likeness (QED) is 0.142. The molecule has 1 amide bonds. The van der Waals surface area contributed by atoms with E-state index in [4.69, 9.17) is 51.6 Å². The number of rotatable bonds is 18. The van der Waals surface area contributed by atoms with Crippen molar-refractivity contribution >= 4 is 29.3 Å². The molecule has 2 aromatic carbocycles. The molecule has 0 radical (unpaired) electrons. The van der Waals surface area contributed by atoms with Crippen molar-refractivity contribution in [2.75, 3.05) is 60.2 Å². The van der Waals surface area contributed by atoms with Gasteiger partial charge in [0, 0.05) is 49.7 Å². The molecule has 0 bridgehead atoms. The summed E-state index contributed by atoms with van der Waals surface area (Å²) in [5.41, 5.74) is 1.74. The van der Waals surface area contributed by atoms with Gasteiger partial charge in [0.05, 0.1) is 26.9 Å². The average molecular weight is 726 g/mol. The highest BCUT2D eigenvalue weighted by atomic mass is 35.5. The smallest absolute Gasteiger partial charge is 0.410 e. The van der Waals surface area contributed by atoms with E-state index in [9.17, 15) is 13.6 Å². The van der Waals surface area contributed by atoms with Crippen molar-refractivity contribution in [2.24, 2.45) is 5.92 Å². The van der Waals surface area contributed by atoms with Crippen LogP contribution < -0.4 is 18.9 Å². The molecular weight excluding hydrogens is 681 g/mol. The third-order valence-corrected chi connectivity index (χ3v) is 8.93. The summed E-state index contributed by atoms with van der Waals surface area (Å²) in [6, 6.07) is 9.95. The van der Waals surface area contributed by atoms with Gasteiger partial charge in [0.15, 0.2) is 23.0 Å². The number of morpholine rings is 1. The fourth-order valence-corrected chi connectivity index (χ4v) is 5.54. The van der Waals surface area contributed by atoms with E-state index in [1.807, 2.05) is 18.2 Å².